The number of nitrogens with zero attached hydrogens (tertiary/aromatic N) is 6. The smallest absolute Gasteiger partial charge is 0.273 e. The van der Waals surface area contributed by atoms with E-state index in [0.717, 1.165) is 28.3 Å². The molecular weight excluding hydrogens is 352 g/mol. The summed E-state index contributed by atoms with van der Waals surface area (Å²) in [4.78, 5) is 0. The van der Waals surface area contributed by atoms with Crippen molar-refractivity contribution in [3.05, 3.63) is 89.5 Å². The number of aromatic nitrogens is 5. The van der Waals surface area contributed by atoms with Crippen LogP contribution in [0, 0.1) is 13.8 Å². The molecule has 0 saturated heterocycles. The van der Waals surface area contributed by atoms with Crippen LogP contribution in [0.15, 0.2) is 72.1 Å². The Bertz CT molecular complexity index is 1100. The molecule has 2 aromatic carbocycles. The van der Waals surface area contributed by atoms with Crippen molar-refractivity contribution in [1.82, 2.24) is 24.7 Å². The Balaban J connectivity index is 1.50. The molecule has 0 unspecified atom stereocenters. The minimum atomic E-state index is 0.523. The van der Waals surface area contributed by atoms with Gasteiger partial charge in [-0.2, -0.15) is 14.9 Å². The first-order valence-corrected chi connectivity index (χ1v) is 8.94. The predicted molar refractivity (Wildman–Crippen MR) is 107 cm³/mol. The Morgan fingerprint density at radius 1 is 1.04 bits per heavy atom. The summed E-state index contributed by atoms with van der Waals surface area (Å²) in [5.41, 5.74) is 3.93. The van der Waals surface area contributed by atoms with Gasteiger partial charge in [-0.3, -0.25) is 0 Å². The Hall–Kier alpha value is -3.74. The quantitative estimate of drug-likeness (QED) is 0.486. The van der Waals surface area contributed by atoms with Crippen molar-refractivity contribution in [1.29, 1.82) is 0 Å². The van der Waals surface area contributed by atoms with Crippen molar-refractivity contribution in [2.24, 2.45) is 5.10 Å². The molecule has 0 bridgehead atoms. The molecule has 0 N–H and O–H groups in total. The standard InChI is InChI=1S/C21H20N6O/c1-16-11-17(2)27(25-16)21-24-22-15-26(21)23-13-19-9-6-10-20(12-19)28-14-18-7-4-3-5-8-18/h3-13,15H,14H2,1-2H3/b23-13-. The highest BCUT2D eigenvalue weighted by Crippen LogP contribution is 2.15. The zero-order valence-corrected chi connectivity index (χ0v) is 15.7. The molecule has 4 aromatic rings. The maximum atomic E-state index is 5.87. The maximum Gasteiger partial charge on any atom is 0.273 e. The maximum absolute atomic E-state index is 5.87. The SMILES string of the molecule is Cc1cc(C)n(-c2nncn2/N=C\c2cccc(OCc3ccccc3)c2)n1. The zero-order chi connectivity index (χ0) is 19.3. The summed E-state index contributed by atoms with van der Waals surface area (Å²) in [5, 5.41) is 17.0. The fourth-order valence-corrected chi connectivity index (χ4v) is 2.83. The highest BCUT2D eigenvalue weighted by molar-refractivity contribution is 5.80. The summed E-state index contributed by atoms with van der Waals surface area (Å²) in [6.45, 7) is 4.43. The van der Waals surface area contributed by atoms with Gasteiger partial charge in [0.2, 0.25) is 0 Å². The second-order valence-electron chi connectivity index (χ2n) is 6.41. The summed E-state index contributed by atoms with van der Waals surface area (Å²) >= 11 is 0. The van der Waals surface area contributed by atoms with Gasteiger partial charge in [0.1, 0.15) is 18.7 Å². The molecule has 4 rings (SSSR count). The first-order valence-electron chi connectivity index (χ1n) is 8.94. The van der Waals surface area contributed by atoms with Crippen LogP contribution in [0.25, 0.3) is 5.95 Å². The van der Waals surface area contributed by atoms with E-state index in [0.29, 0.717) is 12.6 Å². The fourth-order valence-electron chi connectivity index (χ4n) is 2.83. The van der Waals surface area contributed by atoms with Gasteiger partial charge >= 0.3 is 0 Å². The van der Waals surface area contributed by atoms with Crippen LogP contribution in [0.2, 0.25) is 0 Å². The Labute approximate surface area is 162 Å². The Morgan fingerprint density at radius 2 is 1.89 bits per heavy atom. The van der Waals surface area contributed by atoms with Gasteiger partial charge in [0.15, 0.2) is 0 Å². The Morgan fingerprint density at radius 3 is 2.68 bits per heavy atom. The largest absolute Gasteiger partial charge is 0.489 e. The van der Waals surface area contributed by atoms with E-state index in [4.69, 9.17) is 4.74 Å². The molecule has 28 heavy (non-hydrogen) atoms. The third-order valence-corrected chi connectivity index (χ3v) is 4.15. The molecule has 2 aromatic heterocycles. The number of hydrogen-bond donors (Lipinski definition) is 0. The average Bonchev–Trinajstić information content (AvgIpc) is 3.31. The van der Waals surface area contributed by atoms with Crippen LogP contribution in [0.3, 0.4) is 0 Å². The minimum Gasteiger partial charge on any atom is -0.489 e. The number of hydrogen-bond acceptors (Lipinski definition) is 5. The van der Waals surface area contributed by atoms with Gasteiger partial charge < -0.3 is 4.74 Å². The van der Waals surface area contributed by atoms with Gasteiger partial charge in [-0.05, 0) is 43.2 Å². The van der Waals surface area contributed by atoms with E-state index >= 15 is 0 Å². The third kappa shape index (κ3) is 3.98. The van der Waals surface area contributed by atoms with Crippen molar-refractivity contribution >= 4 is 6.21 Å². The second kappa shape index (κ2) is 7.87. The molecule has 0 amide bonds. The molecular formula is C21H20N6O. The minimum absolute atomic E-state index is 0.523. The molecule has 0 fully saturated rings. The monoisotopic (exact) mass is 372 g/mol. The van der Waals surface area contributed by atoms with Gasteiger partial charge in [-0.1, -0.05) is 42.5 Å². The van der Waals surface area contributed by atoms with Gasteiger partial charge in [0, 0.05) is 5.69 Å². The van der Waals surface area contributed by atoms with Crippen LogP contribution in [0.5, 0.6) is 5.75 Å². The van der Waals surface area contributed by atoms with E-state index in [-0.39, 0.29) is 0 Å². The third-order valence-electron chi connectivity index (χ3n) is 4.15. The summed E-state index contributed by atoms with van der Waals surface area (Å²) in [7, 11) is 0. The van der Waals surface area contributed by atoms with Crippen LogP contribution < -0.4 is 4.74 Å². The average molecular weight is 372 g/mol. The second-order valence-corrected chi connectivity index (χ2v) is 6.41. The summed E-state index contributed by atoms with van der Waals surface area (Å²) in [6.07, 6.45) is 3.30. The topological polar surface area (TPSA) is 70.1 Å². The zero-order valence-electron chi connectivity index (χ0n) is 15.7. The number of benzene rings is 2. The summed E-state index contributed by atoms with van der Waals surface area (Å²) < 4.78 is 9.19. The van der Waals surface area contributed by atoms with Crippen LogP contribution >= 0.6 is 0 Å². The van der Waals surface area contributed by atoms with Crippen molar-refractivity contribution < 1.29 is 4.74 Å². The van der Waals surface area contributed by atoms with Crippen LogP contribution in [0.4, 0.5) is 0 Å². The first-order chi connectivity index (χ1) is 13.7. The molecule has 0 spiro atoms. The van der Waals surface area contributed by atoms with Crippen molar-refractivity contribution in [3.63, 3.8) is 0 Å². The highest BCUT2D eigenvalue weighted by Gasteiger charge is 2.10. The van der Waals surface area contributed by atoms with Crippen molar-refractivity contribution in [2.45, 2.75) is 20.5 Å². The predicted octanol–water partition coefficient (Wildman–Crippen LogP) is 3.54. The molecule has 7 nitrogen and oxygen atoms in total. The molecule has 2 heterocycles. The molecule has 0 aliphatic heterocycles. The van der Waals surface area contributed by atoms with Gasteiger partial charge in [0.05, 0.1) is 11.9 Å². The molecule has 140 valence electrons. The van der Waals surface area contributed by atoms with Gasteiger partial charge in [-0.25, -0.2) is 4.68 Å². The fraction of sp³-hybridized carbons (Fsp3) is 0.143. The van der Waals surface area contributed by atoms with E-state index in [1.165, 1.54) is 0 Å². The van der Waals surface area contributed by atoms with Crippen LogP contribution in [-0.4, -0.2) is 30.9 Å². The van der Waals surface area contributed by atoms with E-state index < -0.39 is 0 Å². The molecule has 0 radical (unpaired) electrons. The molecule has 7 heteroatoms. The van der Waals surface area contributed by atoms with E-state index in [2.05, 4.69) is 20.4 Å². The van der Waals surface area contributed by atoms with E-state index in [9.17, 15) is 0 Å². The van der Waals surface area contributed by atoms with Crippen LogP contribution in [-0.2, 0) is 6.61 Å². The van der Waals surface area contributed by atoms with Crippen molar-refractivity contribution in [3.8, 4) is 11.7 Å². The van der Waals surface area contributed by atoms with Crippen LogP contribution in [0.1, 0.15) is 22.5 Å². The first kappa shape index (κ1) is 17.7. The van der Waals surface area contributed by atoms with Gasteiger partial charge in [-0.15, -0.1) is 10.2 Å². The summed E-state index contributed by atoms with van der Waals surface area (Å²) in [5.74, 6) is 1.33. The Kier molecular flexibility index (Phi) is 4.97. The lowest BCUT2D eigenvalue weighted by molar-refractivity contribution is 0.306. The lowest BCUT2D eigenvalue weighted by atomic mass is 10.2. The lowest BCUT2D eigenvalue weighted by Gasteiger charge is -2.07. The molecule has 0 atom stereocenters. The number of aryl methyl sites for hydroxylation is 2. The van der Waals surface area contributed by atoms with E-state index in [1.54, 1.807) is 21.9 Å². The summed E-state index contributed by atoms with van der Waals surface area (Å²) in [6, 6.07) is 19.8. The molecule has 0 aliphatic carbocycles. The van der Waals surface area contributed by atoms with E-state index in [1.807, 2.05) is 74.5 Å². The normalized spacial score (nSPS) is 11.2. The van der Waals surface area contributed by atoms with Gasteiger partial charge in [0.25, 0.3) is 5.95 Å². The molecule has 0 aliphatic rings. The number of rotatable bonds is 6. The lowest BCUT2D eigenvalue weighted by Crippen LogP contribution is -2.06. The highest BCUT2D eigenvalue weighted by atomic mass is 16.5. The van der Waals surface area contributed by atoms with Crippen molar-refractivity contribution in [2.75, 3.05) is 0 Å². The number of ether oxygens (including phenoxy) is 1. The molecule has 0 saturated carbocycles.